The van der Waals surface area contributed by atoms with Gasteiger partial charge in [0.25, 0.3) is 0 Å². The van der Waals surface area contributed by atoms with Gasteiger partial charge in [-0.3, -0.25) is 9.79 Å². The Kier molecular flexibility index (Phi) is 9.65. The number of carbonyl (C=O) groups is 1. The Morgan fingerprint density at radius 1 is 1.19 bits per heavy atom. The summed E-state index contributed by atoms with van der Waals surface area (Å²) < 4.78 is 2.04. The van der Waals surface area contributed by atoms with E-state index in [-0.39, 0.29) is 5.91 Å². The highest BCUT2D eigenvalue weighted by molar-refractivity contribution is 5.79. The van der Waals surface area contributed by atoms with E-state index in [0.29, 0.717) is 25.4 Å². The summed E-state index contributed by atoms with van der Waals surface area (Å²) in [6.45, 7) is 7.59. The summed E-state index contributed by atoms with van der Waals surface area (Å²) >= 11 is 0. The molecule has 0 spiro atoms. The van der Waals surface area contributed by atoms with Crippen molar-refractivity contribution >= 4 is 11.9 Å². The SMILES string of the molecule is CCNC(=NCCNC(=O)CC1CCCCC1)NCCn1cnnc1CC. The van der Waals surface area contributed by atoms with E-state index in [2.05, 4.69) is 38.1 Å². The third kappa shape index (κ3) is 7.97. The van der Waals surface area contributed by atoms with Crippen LogP contribution in [-0.4, -0.2) is 52.8 Å². The molecule has 0 bridgehead atoms. The van der Waals surface area contributed by atoms with Crippen LogP contribution in [0.3, 0.4) is 0 Å². The van der Waals surface area contributed by atoms with Gasteiger partial charge in [0.1, 0.15) is 12.2 Å². The molecule has 0 saturated heterocycles. The van der Waals surface area contributed by atoms with E-state index in [1.807, 2.05) is 11.5 Å². The number of amides is 1. The molecule has 2 rings (SSSR count). The summed E-state index contributed by atoms with van der Waals surface area (Å²) in [6, 6.07) is 0. The fourth-order valence-electron chi connectivity index (χ4n) is 3.46. The molecule has 152 valence electrons. The van der Waals surface area contributed by atoms with Crippen LogP contribution in [0.25, 0.3) is 0 Å². The summed E-state index contributed by atoms with van der Waals surface area (Å²) in [7, 11) is 0. The second-order valence-corrected chi connectivity index (χ2v) is 7.04. The Labute approximate surface area is 162 Å². The van der Waals surface area contributed by atoms with Gasteiger partial charge in [-0.25, -0.2) is 0 Å². The monoisotopic (exact) mass is 377 g/mol. The lowest BCUT2D eigenvalue weighted by Gasteiger charge is -2.20. The molecule has 1 amide bonds. The Hall–Kier alpha value is -2.12. The van der Waals surface area contributed by atoms with Gasteiger partial charge >= 0.3 is 0 Å². The van der Waals surface area contributed by atoms with Gasteiger partial charge < -0.3 is 20.5 Å². The minimum Gasteiger partial charge on any atom is -0.357 e. The van der Waals surface area contributed by atoms with Crippen molar-refractivity contribution in [2.75, 3.05) is 26.2 Å². The van der Waals surface area contributed by atoms with Crippen molar-refractivity contribution in [3.63, 3.8) is 0 Å². The van der Waals surface area contributed by atoms with E-state index < -0.39 is 0 Å². The van der Waals surface area contributed by atoms with Gasteiger partial charge in [-0.15, -0.1) is 10.2 Å². The van der Waals surface area contributed by atoms with Crippen LogP contribution >= 0.6 is 0 Å². The van der Waals surface area contributed by atoms with E-state index in [1.165, 1.54) is 32.1 Å². The summed E-state index contributed by atoms with van der Waals surface area (Å²) in [6.07, 6.45) is 9.56. The van der Waals surface area contributed by atoms with Gasteiger partial charge in [0.15, 0.2) is 5.96 Å². The number of hydrogen-bond acceptors (Lipinski definition) is 4. The van der Waals surface area contributed by atoms with Crippen molar-refractivity contribution in [2.45, 2.75) is 65.3 Å². The Morgan fingerprint density at radius 2 is 2.00 bits per heavy atom. The second kappa shape index (κ2) is 12.3. The number of carbonyl (C=O) groups excluding carboxylic acids is 1. The number of aliphatic imine (C=N–C) groups is 1. The number of hydrogen-bond donors (Lipinski definition) is 3. The molecule has 1 aliphatic carbocycles. The molecule has 0 unspecified atom stereocenters. The molecular weight excluding hydrogens is 342 g/mol. The smallest absolute Gasteiger partial charge is 0.220 e. The van der Waals surface area contributed by atoms with Gasteiger partial charge in [-0.05, 0) is 25.7 Å². The lowest BCUT2D eigenvalue weighted by molar-refractivity contribution is -0.122. The van der Waals surface area contributed by atoms with E-state index in [0.717, 1.165) is 37.8 Å². The Morgan fingerprint density at radius 3 is 2.74 bits per heavy atom. The lowest BCUT2D eigenvalue weighted by atomic mass is 9.87. The highest BCUT2D eigenvalue weighted by Gasteiger charge is 2.16. The molecule has 8 heteroatoms. The molecule has 0 radical (unpaired) electrons. The Balaban J connectivity index is 1.65. The topological polar surface area (TPSA) is 96.2 Å². The molecule has 27 heavy (non-hydrogen) atoms. The Bertz CT molecular complexity index is 578. The number of guanidine groups is 1. The van der Waals surface area contributed by atoms with Crippen molar-refractivity contribution in [1.29, 1.82) is 0 Å². The lowest BCUT2D eigenvalue weighted by Crippen LogP contribution is -2.39. The molecular formula is C19H35N7O. The minimum atomic E-state index is 0.162. The third-order valence-electron chi connectivity index (χ3n) is 4.90. The van der Waals surface area contributed by atoms with Crippen molar-refractivity contribution in [3.8, 4) is 0 Å². The summed E-state index contributed by atoms with van der Waals surface area (Å²) in [5.74, 6) is 2.49. The molecule has 0 aromatic carbocycles. The van der Waals surface area contributed by atoms with Crippen LogP contribution in [0, 0.1) is 5.92 Å². The maximum atomic E-state index is 12.0. The molecule has 1 fully saturated rings. The molecule has 1 aromatic rings. The van der Waals surface area contributed by atoms with Gasteiger partial charge in [0.2, 0.25) is 5.91 Å². The number of rotatable bonds is 10. The van der Waals surface area contributed by atoms with Crippen LogP contribution in [0.4, 0.5) is 0 Å². The predicted molar refractivity (Wildman–Crippen MR) is 108 cm³/mol. The highest BCUT2D eigenvalue weighted by Crippen LogP contribution is 2.25. The highest BCUT2D eigenvalue weighted by atomic mass is 16.1. The van der Waals surface area contributed by atoms with Gasteiger partial charge in [-0.1, -0.05) is 26.2 Å². The zero-order chi connectivity index (χ0) is 19.3. The largest absolute Gasteiger partial charge is 0.357 e. The van der Waals surface area contributed by atoms with E-state index >= 15 is 0 Å². The fourth-order valence-corrected chi connectivity index (χ4v) is 3.46. The average molecular weight is 378 g/mol. The average Bonchev–Trinajstić information content (AvgIpc) is 3.13. The predicted octanol–water partition coefficient (Wildman–Crippen LogP) is 1.48. The zero-order valence-corrected chi connectivity index (χ0v) is 16.8. The van der Waals surface area contributed by atoms with Crippen LogP contribution in [0.15, 0.2) is 11.3 Å². The number of aryl methyl sites for hydroxylation is 1. The normalized spacial score (nSPS) is 15.6. The number of nitrogens with one attached hydrogen (secondary N) is 3. The first-order valence-corrected chi connectivity index (χ1v) is 10.4. The maximum absolute atomic E-state index is 12.0. The molecule has 3 N–H and O–H groups in total. The molecule has 8 nitrogen and oxygen atoms in total. The third-order valence-corrected chi connectivity index (χ3v) is 4.90. The summed E-state index contributed by atoms with van der Waals surface area (Å²) in [5, 5.41) is 17.6. The van der Waals surface area contributed by atoms with Crippen LogP contribution in [0.2, 0.25) is 0 Å². The zero-order valence-electron chi connectivity index (χ0n) is 16.8. The summed E-state index contributed by atoms with van der Waals surface area (Å²) in [5.41, 5.74) is 0. The maximum Gasteiger partial charge on any atom is 0.220 e. The second-order valence-electron chi connectivity index (χ2n) is 7.04. The van der Waals surface area contributed by atoms with Gasteiger partial charge in [-0.2, -0.15) is 0 Å². The van der Waals surface area contributed by atoms with Crippen LogP contribution in [0.1, 0.15) is 58.2 Å². The van der Waals surface area contributed by atoms with Crippen LogP contribution < -0.4 is 16.0 Å². The van der Waals surface area contributed by atoms with E-state index in [4.69, 9.17) is 0 Å². The van der Waals surface area contributed by atoms with Crippen molar-refractivity contribution in [1.82, 2.24) is 30.7 Å². The number of nitrogens with zero attached hydrogens (tertiary/aromatic N) is 4. The quantitative estimate of drug-likeness (QED) is 0.326. The van der Waals surface area contributed by atoms with Gasteiger partial charge in [0, 0.05) is 39.0 Å². The first-order valence-electron chi connectivity index (χ1n) is 10.4. The summed E-state index contributed by atoms with van der Waals surface area (Å²) in [4.78, 5) is 16.6. The minimum absolute atomic E-state index is 0.162. The molecule has 1 aromatic heterocycles. The number of aromatic nitrogens is 3. The first-order chi connectivity index (χ1) is 13.2. The van der Waals surface area contributed by atoms with E-state index in [1.54, 1.807) is 6.33 Å². The van der Waals surface area contributed by atoms with Crippen molar-refractivity contribution < 1.29 is 4.79 Å². The van der Waals surface area contributed by atoms with Crippen LogP contribution in [0.5, 0.6) is 0 Å². The molecule has 1 aliphatic rings. The standard InChI is InChI=1S/C19H35N7O/c1-3-17-25-24-15-26(17)13-12-23-19(20-4-2)22-11-10-21-18(27)14-16-8-6-5-7-9-16/h15-16H,3-14H2,1-2H3,(H,21,27)(H2,20,22,23). The molecule has 1 heterocycles. The molecule has 0 aliphatic heterocycles. The van der Waals surface area contributed by atoms with Crippen molar-refractivity contribution in [3.05, 3.63) is 12.2 Å². The van der Waals surface area contributed by atoms with E-state index in [9.17, 15) is 4.79 Å². The first kappa shape index (κ1) is 21.2. The van der Waals surface area contributed by atoms with Gasteiger partial charge in [0.05, 0.1) is 6.54 Å². The fraction of sp³-hybridized carbons (Fsp3) is 0.789. The molecule has 0 atom stereocenters. The molecule has 1 saturated carbocycles. The van der Waals surface area contributed by atoms with Crippen LogP contribution in [-0.2, 0) is 17.8 Å². The van der Waals surface area contributed by atoms with Crippen molar-refractivity contribution in [2.24, 2.45) is 10.9 Å².